The molecule has 2 aromatic rings. The number of nitrogens with one attached hydrogen (secondary N) is 1. The van der Waals surface area contributed by atoms with E-state index in [4.69, 9.17) is 16.3 Å². The summed E-state index contributed by atoms with van der Waals surface area (Å²) in [7, 11) is 1.58. The van der Waals surface area contributed by atoms with Crippen LogP contribution in [0.1, 0.15) is 10.4 Å². The van der Waals surface area contributed by atoms with Gasteiger partial charge in [0.2, 0.25) is 0 Å². The minimum absolute atomic E-state index is 0.220. The van der Waals surface area contributed by atoms with Crippen LogP contribution in [0.4, 0.5) is 5.69 Å². The number of benzene rings is 2. The molecule has 0 saturated carbocycles. The van der Waals surface area contributed by atoms with Crippen LogP contribution in [0.15, 0.2) is 46.9 Å². The Morgan fingerprint density at radius 1 is 1.26 bits per heavy atom. The molecule has 5 heteroatoms. The third-order valence-corrected chi connectivity index (χ3v) is 3.74. The van der Waals surface area contributed by atoms with Gasteiger partial charge in [0.1, 0.15) is 5.75 Å². The Morgan fingerprint density at radius 3 is 2.74 bits per heavy atom. The molecule has 1 amide bonds. The molecule has 0 heterocycles. The first-order valence-electron chi connectivity index (χ1n) is 5.50. The standard InChI is InChI=1S/C14H11BrClNO2/c1-19-11-4-2-3-10(8-11)17-14(18)9-5-6-12(15)13(16)7-9/h2-8H,1H3,(H,17,18). The molecular weight excluding hydrogens is 330 g/mol. The first kappa shape index (κ1) is 13.9. The van der Waals surface area contributed by atoms with Crippen LogP contribution in [0.25, 0.3) is 0 Å². The zero-order valence-corrected chi connectivity index (χ0v) is 12.5. The summed E-state index contributed by atoms with van der Waals surface area (Å²) in [5.41, 5.74) is 1.17. The van der Waals surface area contributed by atoms with Crippen LogP contribution in [0, 0.1) is 0 Å². The predicted molar refractivity (Wildman–Crippen MR) is 80.1 cm³/mol. The summed E-state index contributed by atoms with van der Waals surface area (Å²) in [4.78, 5) is 12.1. The van der Waals surface area contributed by atoms with Crippen molar-refractivity contribution in [2.45, 2.75) is 0 Å². The molecule has 1 N–H and O–H groups in total. The first-order chi connectivity index (χ1) is 9.10. The summed E-state index contributed by atoms with van der Waals surface area (Å²) in [6.07, 6.45) is 0. The molecule has 3 nitrogen and oxygen atoms in total. The fraction of sp³-hybridized carbons (Fsp3) is 0.0714. The molecule has 0 fully saturated rings. The third kappa shape index (κ3) is 3.49. The van der Waals surface area contributed by atoms with Crippen molar-refractivity contribution in [2.75, 3.05) is 12.4 Å². The average molecular weight is 341 g/mol. The summed E-state index contributed by atoms with van der Waals surface area (Å²) >= 11 is 9.25. The van der Waals surface area contributed by atoms with Crippen LogP contribution in [0.3, 0.4) is 0 Å². The summed E-state index contributed by atoms with van der Waals surface area (Å²) in [5.74, 6) is 0.467. The fourth-order valence-electron chi connectivity index (χ4n) is 1.54. The van der Waals surface area contributed by atoms with Crippen LogP contribution in [-0.4, -0.2) is 13.0 Å². The molecule has 0 radical (unpaired) electrons. The zero-order valence-electron chi connectivity index (χ0n) is 10.1. The van der Waals surface area contributed by atoms with Gasteiger partial charge in [-0.2, -0.15) is 0 Å². The highest BCUT2D eigenvalue weighted by Gasteiger charge is 2.08. The van der Waals surface area contributed by atoms with E-state index in [9.17, 15) is 4.79 Å². The molecule has 2 aromatic carbocycles. The van der Waals surface area contributed by atoms with Crippen LogP contribution >= 0.6 is 27.5 Å². The number of carbonyl (C=O) groups is 1. The minimum Gasteiger partial charge on any atom is -0.497 e. The lowest BCUT2D eigenvalue weighted by atomic mass is 10.2. The highest BCUT2D eigenvalue weighted by Crippen LogP contribution is 2.24. The van der Waals surface area contributed by atoms with Gasteiger partial charge in [0.25, 0.3) is 5.91 Å². The van der Waals surface area contributed by atoms with Crippen molar-refractivity contribution in [3.63, 3.8) is 0 Å². The van der Waals surface area contributed by atoms with Gasteiger partial charge in [-0.05, 0) is 46.3 Å². The Morgan fingerprint density at radius 2 is 2.05 bits per heavy atom. The van der Waals surface area contributed by atoms with Crippen molar-refractivity contribution in [3.8, 4) is 5.75 Å². The number of halogens is 2. The van der Waals surface area contributed by atoms with Crippen molar-refractivity contribution in [1.29, 1.82) is 0 Å². The average Bonchev–Trinajstić information content (AvgIpc) is 2.42. The van der Waals surface area contributed by atoms with Gasteiger partial charge in [-0.3, -0.25) is 4.79 Å². The summed E-state index contributed by atoms with van der Waals surface area (Å²) in [6, 6.07) is 12.2. The second kappa shape index (κ2) is 6.08. The number of methoxy groups -OCH3 is 1. The Kier molecular flexibility index (Phi) is 4.45. The quantitative estimate of drug-likeness (QED) is 0.901. The maximum absolute atomic E-state index is 12.1. The topological polar surface area (TPSA) is 38.3 Å². The van der Waals surface area contributed by atoms with Crippen molar-refractivity contribution in [3.05, 3.63) is 57.5 Å². The number of amides is 1. The SMILES string of the molecule is COc1cccc(NC(=O)c2ccc(Br)c(Cl)c2)c1. The maximum atomic E-state index is 12.1. The molecule has 0 aromatic heterocycles. The number of carbonyl (C=O) groups excluding carboxylic acids is 1. The highest BCUT2D eigenvalue weighted by molar-refractivity contribution is 9.10. The second-order valence-electron chi connectivity index (χ2n) is 3.81. The monoisotopic (exact) mass is 339 g/mol. The van der Waals surface area contributed by atoms with Gasteiger partial charge >= 0.3 is 0 Å². The molecule has 2 rings (SSSR count). The molecule has 0 aliphatic carbocycles. The van der Waals surface area contributed by atoms with Gasteiger partial charge in [-0.1, -0.05) is 17.7 Å². The van der Waals surface area contributed by atoms with Crippen molar-refractivity contribution >= 4 is 39.1 Å². The van der Waals surface area contributed by atoms with E-state index in [1.54, 1.807) is 37.4 Å². The Hall–Kier alpha value is -1.52. The minimum atomic E-state index is -0.220. The highest BCUT2D eigenvalue weighted by atomic mass is 79.9. The second-order valence-corrected chi connectivity index (χ2v) is 5.08. The number of anilines is 1. The van der Waals surface area contributed by atoms with Gasteiger partial charge in [0.15, 0.2) is 0 Å². The van der Waals surface area contributed by atoms with E-state index in [2.05, 4.69) is 21.2 Å². The van der Waals surface area contributed by atoms with E-state index in [1.165, 1.54) is 0 Å². The Balaban J connectivity index is 2.18. The van der Waals surface area contributed by atoms with E-state index in [0.29, 0.717) is 22.0 Å². The molecular formula is C14H11BrClNO2. The fourth-order valence-corrected chi connectivity index (χ4v) is 1.97. The molecule has 98 valence electrons. The zero-order chi connectivity index (χ0) is 13.8. The number of ether oxygens (including phenoxy) is 1. The molecule has 0 aliphatic heterocycles. The lowest BCUT2D eigenvalue weighted by Gasteiger charge is -2.07. The van der Waals surface area contributed by atoms with E-state index >= 15 is 0 Å². The van der Waals surface area contributed by atoms with Crippen LogP contribution < -0.4 is 10.1 Å². The van der Waals surface area contributed by atoms with E-state index in [-0.39, 0.29) is 5.91 Å². The molecule has 0 saturated heterocycles. The first-order valence-corrected chi connectivity index (χ1v) is 6.67. The van der Waals surface area contributed by atoms with Crippen LogP contribution in [-0.2, 0) is 0 Å². The summed E-state index contributed by atoms with van der Waals surface area (Å²) in [5, 5.41) is 3.29. The van der Waals surface area contributed by atoms with E-state index in [0.717, 1.165) is 4.47 Å². The van der Waals surface area contributed by atoms with Gasteiger partial charge in [0, 0.05) is 21.8 Å². The smallest absolute Gasteiger partial charge is 0.255 e. The van der Waals surface area contributed by atoms with Gasteiger partial charge in [-0.15, -0.1) is 0 Å². The molecule has 0 aliphatic rings. The van der Waals surface area contributed by atoms with Gasteiger partial charge < -0.3 is 10.1 Å². The lowest BCUT2D eigenvalue weighted by Crippen LogP contribution is -2.11. The normalized spacial score (nSPS) is 10.1. The maximum Gasteiger partial charge on any atom is 0.255 e. The number of hydrogen-bond acceptors (Lipinski definition) is 2. The largest absolute Gasteiger partial charge is 0.497 e. The van der Waals surface area contributed by atoms with Crippen LogP contribution in [0.2, 0.25) is 5.02 Å². The molecule has 19 heavy (non-hydrogen) atoms. The lowest BCUT2D eigenvalue weighted by molar-refractivity contribution is 0.102. The molecule has 0 unspecified atom stereocenters. The predicted octanol–water partition coefficient (Wildman–Crippen LogP) is 4.36. The summed E-state index contributed by atoms with van der Waals surface area (Å²) < 4.78 is 5.85. The van der Waals surface area contributed by atoms with Crippen molar-refractivity contribution in [2.24, 2.45) is 0 Å². The number of hydrogen-bond donors (Lipinski definition) is 1. The van der Waals surface area contributed by atoms with Crippen molar-refractivity contribution < 1.29 is 9.53 Å². The number of rotatable bonds is 3. The third-order valence-electron chi connectivity index (χ3n) is 2.51. The van der Waals surface area contributed by atoms with Crippen LogP contribution in [0.5, 0.6) is 5.75 Å². The van der Waals surface area contributed by atoms with E-state index < -0.39 is 0 Å². The van der Waals surface area contributed by atoms with Gasteiger partial charge in [0.05, 0.1) is 12.1 Å². The molecule has 0 atom stereocenters. The van der Waals surface area contributed by atoms with Crippen molar-refractivity contribution in [1.82, 2.24) is 0 Å². The molecule has 0 bridgehead atoms. The molecule has 0 spiro atoms. The summed E-state index contributed by atoms with van der Waals surface area (Å²) in [6.45, 7) is 0. The van der Waals surface area contributed by atoms with Gasteiger partial charge in [-0.25, -0.2) is 0 Å². The van der Waals surface area contributed by atoms with E-state index in [1.807, 2.05) is 12.1 Å². The Labute approximate surface area is 124 Å². The Bertz CT molecular complexity index is 616.